The van der Waals surface area contributed by atoms with Crippen molar-refractivity contribution in [2.24, 2.45) is 5.92 Å². The van der Waals surface area contributed by atoms with Gasteiger partial charge in [-0.25, -0.2) is 0 Å². The zero-order valence-electron chi connectivity index (χ0n) is 12.3. The molecule has 112 valence electrons. The van der Waals surface area contributed by atoms with Crippen LogP contribution in [0.25, 0.3) is 0 Å². The number of hydrogen-bond donors (Lipinski definition) is 1. The molecule has 1 aliphatic rings. The highest BCUT2D eigenvalue weighted by atomic mass is 16.5. The first-order valence-corrected chi connectivity index (χ1v) is 6.87. The Morgan fingerprint density at radius 2 is 1.85 bits per heavy atom. The molecule has 2 rings (SSSR count). The Morgan fingerprint density at radius 1 is 1.20 bits per heavy atom. The van der Waals surface area contributed by atoms with Crippen molar-refractivity contribution < 1.29 is 18.9 Å². The van der Waals surface area contributed by atoms with Gasteiger partial charge in [0.1, 0.15) is 23.9 Å². The van der Waals surface area contributed by atoms with Crippen molar-refractivity contribution in [2.75, 3.05) is 41.1 Å². The van der Waals surface area contributed by atoms with E-state index in [1.54, 1.807) is 14.2 Å². The zero-order chi connectivity index (χ0) is 14.4. The van der Waals surface area contributed by atoms with Crippen LogP contribution in [0.2, 0.25) is 0 Å². The molecule has 0 radical (unpaired) electrons. The number of methoxy groups -OCH3 is 2. The van der Waals surface area contributed by atoms with E-state index < -0.39 is 0 Å². The fourth-order valence-electron chi connectivity index (χ4n) is 2.38. The fraction of sp³-hybridized carbons (Fsp3) is 0.600. The van der Waals surface area contributed by atoms with Crippen molar-refractivity contribution in [1.82, 2.24) is 5.32 Å². The number of rotatable bonds is 7. The van der Waals surface area contributed by atoms with Crippen LogP contribution in [0.5, 0.6) is 17.2 Å². The minimum absolute atomic E-state index is 0.287. The lowest BCUT2D eigenvalue weighted by molar-refractivity contribution is 0.162. The standard InChI is InChI=1S/C15H23NO4/c1-16-15(11-4-5-19-9-11)10-20-14-7-12(17-2)6-13(8-14)18-3/h6-8,11,15-16H,4-5,9-10H2,1-3H3. The first-order valence-electron chi connectivity index (χ1n) is 6.87. The lowest BCUT2D eigenvalue weighted by Crippen LogP contribution is -2.39. The third kappa shape index (κ3) is 3.77. The lowest BCUT2D eigenvalue weighted by Gasteiger charge is -2.22. The highest BCUT2D eigenvalue weighted by Gasteiger charge is 2.25. The maximum Gasteiger partial charge on any atom is 0.126 e. The van der Waals surface area contributed by atoms with E-state index in [1.807, 2.05) is 25.2 Å². The molecule has 5 heteroatoms. The van der Waals surface area contributed by atoms with Gasteiger partial charge in [0.25, 0.3) is 0 Å². The summed E-state index contributed by atoms with van der Waals surface area (Å²) in [6.07, 6.45) is 1.08. The molecule has 0 saturated carbocycles. The first kappa shape index (κ1) is 14.9. The summed E-state index contributed by atoms with van der Waals surface area (Å²) in [4.78, 5) is 0. The van der Waals surface area contributed by atoms with Crippen molar-refractivity contribution in [3.05, 3.63) is 18.2 Å². The van der Waals surface area contributed by atoms with Crippen LogP contribution in [0.4, 0.5) is 0 Å². The molecule has 5 nitrogen and oxygen atoms in total. The number of nitrogens with one attached hydrogen (secondary N) is 1. The summed E-state index contributed by atoms with van der Waals surface area (Å²) in [7, 11) is 5.22. The van der Waals surface area contributed by atoms with E-state index in [0.717, 1.165) is 36.9 Å². The number of benzene rings is 1. The van der Waals surface area contributed by atoms with Gasteiger partial charge in [-0.3, -0.25) is 0 Å². The van der Waals surface area contributed by atoms with Gasteiger partial charge in [0, 0.05) is 36.8 Å². The van der Waals surface area contributed by atoms with Gasteiger partial charge in [0.05, 0.1) is 20.8 Å². The predicted molar refractivity (Wildman–Crippen MR) is 76.8 cm³/mol. The zero-order valence-corrected chi connectivity index (χ0v) is 12.3. The predicted octanol–water partition coefficient (Wildman–Crippen LogP) is 1.71. The molecule has 1 N–H and O–H groups in total. The minimum atomic E-state index is 0.287. The molecule has 1 fully saturated rings. The molecule has 1 heterocycles. The highest BCUT2D eigenvalue weighted by Crippen LogP contribution is 2.28. The maximum atomic E-state index is 5.88. The Bertz CT molecular complexity index is 396. The molecule has 20 heavy (non-hydrogen) atoms. The molecule has 0 aliphatic carbocycles. The Balaban J connectivity index is 1.97. The average molecular weight is 281 g/mol. The van der Waals surface area contributed by atoms with Gasteiger partial charge in [-0.15, -0.1) is 0 Å². The summed E-state index contributed by atoms with van der Waals surface area (Å²) < 4.78 is 21.8. The molecular weight excluding hydrogens is 258 g/mol. The average Bonchev–Trinajstić information content (AvgIpc) is 3.01. The maximum absolute atomic E-state index is 5.88. The molecule has 0 amide bonds. The van der Waals surface area contributed by atoms with E-state index in [1.165, 1.54) is 0 Å². The highest BCUT2D eigenvalue weighted by molar-refractivity contribution is 5.42. The lowest BCUT2D eigenvalue weighted by atomic mass is 10.00. The molecule has 0 spiro atoms. The second-order valence-electron chi connectivity index (χ2n) is 4.88. The van der Waals surface area contributed by atoms with Gasteiger partial charge in [0.15, 0.2) is 0 Å². The van der Waals surface area contributed by atoms with Crippen LogP contribution in [-0.4, -0.2) is 47.1 Å². The normalized spacial score (nSPS) is 19.6. The number of likely N-dealkylation sites (N-methyl/N-ethyl adjacent to an activating group) is 1. The Morgan fingerprint density at radius 3 is 2.35 bits per heavy atom. The summed E-state index contributed by atoms with van der Waals surface area (Å²) in [6, 6.07) is 5.84. The smallest absolute Gasteiger partial charge is 0.126 e. The van der Waals surface area contributed by atoms with E-state index in [-0.39, 0.29) is 6.04 Å². The summed E-state index contributed by atoms with van der Waals surface area (Å²) in [5, 5.41) is 3.30. The van der Waals surface area contributed by atoms with E-state index in [0.29, 0.717) is 12.5 Å². The van der Waals surface area contributed by atoms with Crippen molar-refractivity contribution >= 4 is 0 Å². The van der Waals surface area contributed by atoms with Gasteiger partial charge in [0.2, 0.25) is 0 Å². The molecular formula is C15H23NO4. The number of hydrogen-bond acceptors (Lipinski definition) is 5. The second kappa shape index (κ2) is 7.36. The topological polar surface area (TPSA) is 49.0 Å². The van der Waals surface area contributed by atoms with Crippen LogP contribution in [0.15, 0.2) is 18.2 Å². The molecule has 1 saturated heterocycles. The molecule has 1 aromatic rings. The number of ether oxygens (including phenoxy) is 4. The SMILES string of the molecule is CNC(COc1cc(OC)cc(OC)c1)C1CCOC1. The Hall–Kier alpha value is -1.46. The van der Waals surface area contributed by atoms with E-state index in [9.17, 15) is 0 Å². The fourth-order valence-corrected chi connectivity index (χ4v) is 2.38. The minimum Gasteiger partial charge on any atom is -0.496 e. The Kier molecular flexibility index (Phi) is 5.49. The summed E-state index contributed by atoms with van der Waals surface area (Å²) >= 11 is 0. The van der Waals surface area contributed by atoms with Crippen LogP contribution >= 0.6 is 0 Å². The quantitative estimate of drug-likeness (QED) is 0.824. The molecule has 1 aliphatic heterocycles. The van der Waals surface area contributed by atoms with Gasteiger partial charge in [-0.2, -0.15) is 0 Å². The van der Waals surface area contributed by atoms with Crippen molar-refractivity contribution in [3.63, 3.8) is 0 Å². The molecule has 0 aromatic heterocycles. The van der Waals surface area contributed by atoms with E-state index in [2.05, 4.69) is 5.32 Å². The molecule has 0 bridgehead atoms. The van der Waals surface area contributed by atoms with Crippen LogP contribution in [0, 0.1) is 5.92 Å². The van der Waals surface area contributed by atoms with Crippen LogP contribution in [0.3, 0.4) is 0 Å². The van der Waals surface area contributed by atoms with Crippen molar-refractivity contribution in [1.29, 1.82) is 0 Å². The third-order valence-electron chi connectivity index (χ3n) is 3.66. The molecule has 2 atom stereocenters. The summed E-state index contributed by atoms with van der Waals surface area (Å²) in [5.74, 6) is 2.71. The summed E-state index contributed by atoms with van der Waals surface area (Å²) in [5.41, 5.74) is 0. The molecule has 1 aromatic carbocycles. The van der Waals surface area contributed by atoms with Crippen molar-refractivity contribution in [2.45, 2.75) is 12.5 Å². The van der Waals surface area contributed by atoms with Gasteiger partial charge in [-0.1, -0.05) is 0 Å². The summed E-state index contributed by atoms with van der Waals surface area (Å²) in [6.45, 7) is 2.24. The largest absolute Gasteiger partial charge is 0.496 e. The van der Waals surface area contributed by atoms with Crippen molar-refractivity contribution in [3.8, 4) is 17.2 Å². The van der Waals surface area contributed by atoms with Crippen LogP contribution < -0.4 is 19.5 Å². The third-order valence-corrected chi connectivity index (χ3v) is 3.66. The van der Waals surface area contributed by atoms with Gasteiger partial charge < -0.3 is 24.3 Å². The molecule has 2 unspecified atom stereocenters. The van der Waals surface area contributed by atoms with Crippen LogP contribution in [-0.2, 0) is 4.74 Å². The van der Waals surface area contributed by atoms with Crippen LogP contribution in [0.1, 0.15) is 6.42 Å². The monoisotopic (exact) mass is 281 g/mol. The Labute approximate surface area is 120 Å². The second-order valence-corrected chi connectivity index (χ2v) is 4.88. The van der Waals surface area contributed by atoms with Gasteiger partial charge in [-0.05, 0) is 13.5 Å². The van der Waals surface area contributed by atoms with Gasteiger partial charge >= 0.3 is 0 Å². The first-order chi connectivity index (χ1) is 9.76. The van der Waals surface area contributed by atoms with E-state index >= 15 is 0 Å². The van der Waals surface area contributed by atoms with E-state index in [4.69, 9.17) is 18.9 Å².